The number of hydrogen-bond acceptors (Lipinski definition) is 4. The summed E-state index contributed by atoms with van der Waals surface area (Å²) in [6.07, 6.45) is 9.73. The summed E-state index contributed by atoms with van der Waals surface area (Å²) in [6, 6.07) is 0. The van der Waals surface area contributed by atoms with Gasteiger partial charge in [0.05, 0.1) is 24.4 Å². The SMILES string of the molecule is CCC1OC(CC)C(C2(O)CCCC2)C1COC1CCCCO1. The van der Waals surface area contributed by atoms with Crippen LogP contribution in [-0.4, -0.2) is 42.4 Å². The molecule has 2 saturated heterocycles. The molecule has 0 bridgehead atoms. The maximum atomic E-state index is 11.2. The first-order valence-electron chi connectivity index (χ1n) is 9.79. The summed E-state index contributed by atoms with van der Waals surface area (Å²) in [6.45, 7) is 5.83. The lowest BCUT2D eigenvalue weighted by Gasteiger charge is -2.37. The molecule has 0 radical (unpaired) electrons. The van der Waals surface area contributed by atoms with Crippen LogP contribution in [0.3, 0.4) is 0 Å². The van der Waals surface area contributed by atoms with Crippen molar-refractivity contribution in [3.05, 3.63) is 0 Å². The molecular weight excluding hydrogens is 292 g/mol. The molecule has 0 aromatic heterocycles. The minimum atomic E-state index is -0.550. The van der Waals surface area contributed by atoms with Crippen LogP contribution in [0.5, 0.6) is 0 Å². The molecule has 134 valence electrons. The van der Waals surface area contributed by atoms with E-state index in [0.717, 1.165) is 58.0 Å². The fourth-order valence-corrected chi connectivity index (χ4v) is 5.00. The van der Waals surface area contributed by atoms with Crippen LogP contribution in [0, 0.1) is 11.8 Å². The van der Waals surface area contributed by atoms with Crippen LogP contribution in [0.2, 0.25) is 0 Å². The molecule has 1 N–H and O–H groups in total. The highest BCUT2D eigenvalue weighted by atomic mass is 16.7. The second-order valence-corrected chi connectivity index (χ2v) is 7.66. The van der Waals surface area contributed by atoms with Crippen LogP contribution in [0.1, 0.15) is 71.6 Å². The first kappa shape index (κ1) is 17.7. The minimum absolute atomic E-state index is 0.0548. The Labute approximate surface area is 140 Å². The van der Waals surface area contributed by atoms with E-state index in [-0.39, 0.29) is 24.4 Å². The third-order valence-corrected chi connectivity index (χ3v) is 6.20. The summed E-state index contributed by atoms with van der Waals surface area (Å²) < 4.78 is 18.2. The van der Waals surface area contributed by atoms with E-state index in [1.165, 1.54) is 6.42 Å². The Hall–Kier alpha value is -0.160. The van der Waals surface area contributed by atoms with Gasteiger partial charge in [0.25, 0.3) is 0 Å². The average molecular weight is 326 g/mol. The maximum absolute atomic E-state index is 11.2. The molecule has 0 aromatic carbocycles. The molecule has 1 saturated carbocycles. The topological polar surface area (TPSA) is 47.9 Å². The summed E-state index contributed by atoms with van der Waals surface area (Å²) in [4.78, 5) is 0. The van der Waals surface area contributed by atoms with Crippen LogP contribution in [0.4, 0.5) is 0 Å². The Morgan fingerprint density at radius 3 is 2.39 bits per heavy atom. The Bertz CT molecular complexity index is 360. The predicted molar refractivity (Wildman–Crippen MR) is 89.2 cm³/mol. The van der Waals surface area contributed by atoms with Crippen molar-refractivity contribution in [2.75, 3.05) is 13.2 Å². The van der Waals surface area contributed by atoms with Gasteiger partial charge in [-0.2, -0.15) is 0 Å². The predicted octanol–water partition coefficient (Wildman–Crippen LogP) is 3.65. The normalized spacial score (nSPS) is 40.6. The number of aliphatic hydroxyl groups is 1. The third kappa shape index (κ3) is 3.76. The highest BCUT2D eigenvalue weighted by molar-refractivity contribution is 5.02. The van der Waals surface area contributed by atoms with E-state index < -0.39 is 5.60 Å². The molecular formula is C19H34O4. The first-order valence-corrected chi connectivity index (χ1v) is 9.79. The molecule has 0 amide bonds. The van der Waals surface area contributed by atoms with Gasteiger partial charge in [0.2, 0.25) is 0 Å². The van der Waals surface area contributed by atoms with Crippen molar-refractivity contribution in [1.82, 2.24) is 0 Å². The fraction of sp³-hybridized carbons (Fsp3) is 1.00. The molecule has 3 aliphatic rings. The van der Waals surface area contributed by atoms with Gasteiger partial charge in [0, 0.05) is 18.4 Å². The number of rotatable bonds is 6. The number of hydrogen-bond donors (Lipinski definition) is 1. The molecule has 0 aromatic rings. The Morgan fingerprint density at radius 1 is 1.04 bits per heavy atom. The lowest BCUT2D eigenvalue weighted by molar-refractivity contribution is -0.177. The smallest absolute Gasteiger partial charge is 0.157 e. The van der Waals surface area contributed by atoms with Crippen molar-refractivity contribution in [3.63, 3.8) is 0 Å². The molecule has 5 unspecified atom stereocenters. The first-order chi connectivity index (χ1) is 11.2. The van der Waals surface area contributed by atoms with E-state index in [9.17, 15) is 5.11 Å². The van der Waals surface area contributed by atoms with Gasteiger partial charge in [-0.05, 0) is 44.9 Å². The van der Waals surface area contributed by atoms with Gasteiger partial charge in [-0.25, -0.2) is 0 Å². The Morgan fingerprint density at radius 2 is 1.78 bits per heavy atom. The Balaban J connectivity index is 1.69. The van der Waals surface area contributed by atoms with Gasteiger partial charge in [-0.15, -0.1) is 0 Å². The molecule has 2 aliphatic heterocycles. The van der Waals surface area contributed by atoms with Crippen molar-refractivity contribution >= 4 is 0 Å². The van der Waals surface area contributed by atoms with Crippen LogP contribution in [0.15, 0.2) is 0 Å². The van der Waals surface area contributed by atoms with Gasteiger partial charge >= 0.3 is 0 Å². The molecule has 3 rings (SSSR count). The van der Waals surface area contributed by atoms with Crippen LogP contribution in [0.25, 0.3) is 0 Å². The van der Waals surface area contributed by atoms with Gasteiger partial charge in [-0.3, -0.25) is 0 Å². The lowest BCUT2D eigenvalue weighted by Crippen LogP contribution is -2.45. The van der Waals surface area contributed by atoms with E-state index in [2.05, 4.69) is 13.8 Å². The van der Waals surface area contributed by atoms with Crippen LogP contribution in [-0.2, 0) is 14.2 Å². The second kappa shape index (κ2) is 7.81. The third-order valence-electron chi connectivity index (χ3n) is 6.20. The molecule has 0 spiro atoms. The highest BCUT2D eigenvalue weighted by Gasteiger charge is 2.53. The molecule has 23 heavy (non-hydrogen) atoms. The second-order valence-electron chi connectivity index (χ2n) is 7.66. The quantitative estimate of drug-likeness (QED) is 0.809. The molecule has 3 fully saturated rings. The summed E-state index contributed by atoms with van der Waals surface area (Å²) in [7, 11) is 0. The highest BCUT2D eigenvalue weighted by Crippen LogP contribution is 2.48. The zero-order chi connectivity index (χ0) is 16.3. The minimum Gasteiger partial charge on any atom is -0.389 e. The van der Waals surface area contributed by atoms with E-state index in [1.807, 2.05) is 0 Å². The largest absolute Gasteiger partial charge is 0.389 e. The lowest BCUT2D eigenvalue weighted by atomic mass is 9.73. The van der Waals surface area contributed by atoms with Crippen molar-refractivity contribution < 1.29 is 19.3 Å². The fourth-order valence-electron chi connectivity index (χ4n) is 5.00. The van der Waals surface area contributed by atoms with Gasteiger partial charge in [0.1, 0.15) is 0 Å². The summed E-state index contributed by atoms with van der Waals surface area (Å²) in [5.74, 6) is 0.502. The molecule has 2 heterocycles. The summed E-state index contributed by atoms with van der Waals surface area (Å²) in [5.41, 5.74) is -0.550. The molecule has 5 atom stereocenters. The van der Waals surface area contributed by atoms with Gasteiger partial charge in [0.15, 0.2) is 6.29 Å². The molecule has 4 heteroatoms. The van der Waals surface area contributed by atoms with Crippen LogP contribution < -0.4 is 0 Å². The summed E-state index contributed by atoms with van der Waals surface area (Å²) in [5, 5.41) is 11.2. The molecule has 1 aliphatic carbocycles. The van der Waals surface area contributed by atoms with E-state index >= 15 is 0 Å². The van der Waals surface area contributed by atoms with Gasteiger partial charge in [-0.1, -0.05) is 26.7 Å². The van der Waals surface area contributed by atoms with Crippen molar-refractivity contribution in [1.29, 1.82) is 0 Å². The zero-order valence-corrected chi connectivity index (χ0v) is 14.8. The van der Waals surface area contributed by atoms with E-state index in [1.54, 1.807) is 0 Å². The summed E-state index contributed by atoms with van der Waals surface area (Å²) >= 11 is 0. The van der Waals surface area contributed by atoms with E-state index in [4.69, 9.17) is 14.2 Å². The van der Waals surface area contributed by atoms with E-state index in [0.29, 0.717) is 12.5 Å². The number of ether oxygens (including phenoxy) is 3. The van der Waals surface area contributed by atoms with Gasteiger partial charge < -0.3 is 19.3 Å². The zero-order valence-electron chi connectivity index (χ0n) is 14.8. The van der Waals surface area contributed by atoms with Crippen molar-refractivity contribution in [2.24, 2.45) is 11.8 Å². The van der Waals surface area contributed by atoms with Crippen LogP contribution >= 0.6 is 0 Å². The standard InChI is InChI=1S/C19H34O4/c1-3-15-14(13-22-17-9-5-8-12-21-17)18(16(4-2)23-15)19(20)10-6-7-11-19/h14-18,20H,3-13H2,1-2H3. The Kier molecular flexibility index (Phi) is 6.00. The molecule has 4 nitrogen and oxygen atoms in total. The maximum Gasteiger partial charge on any atom is 0.157 e. The average Bonchev–Trinajstić information content (AvgIpc) is 3.18. The monoisotopic (exact) mass is 326 g/mol. The van der Waals surface area contributed by atoms with Crippen molar-refractivity contribution in [2.45, 2.75) is 95.7 Å². The van der Waals surface area contributed by atoms with Crippen molar-refractivity contribution in [3.8, 4) is 0 Å².